The summed E-state index contributed by atoms with van der Waals surface area (Å²) in [7, 11) is 0. The van der Waals surface area contributed by atoms with E-state index in [9.17, 15) is 9.59 Å². The van der Waals surface area contributed by atoms with E-state index < -0.39 is 5.91 Å². The van der Waals surface area contributed by atoms with Gasteiger partial charge in [0.05, 0.1) is 16.5 Å². The van der Waals surface area contributed by atoms with Crippen molar-refractivity contribution in [3.8, 4) is 0 Å². The van der Waals surface area contributed by atoms with E-state index in [4.69, 9.17) is 23.1 Å². The van der Waals surface area contributed by atoms with Crippen molar-refractivity contribution in [2.24, 2.45) is 23.3 Å². The molecule has 1 aromatic rings. The van der Waals surface area contributed by atoms with Gasteiger partial charge >= 0.3 is 0 Å². The standard InChI is InChI=1S/C14H20ClN3O2/c1-8(2)5-9(7-16)14(20)18-10-3-4-11(13(17)19)12(15)6-10/h3-4,6,8-9H,5,7,16H2,1-2H3,(H2,17,19)(H,18,20). The first-order chi connectivity index (χ1) is 9.35. The predicted molar refractivity (Wildman–Crippen MR) is 80.6 cm³/mol. The molecule has 110 valence electrons. The molecule has 0 spiro atoms. The number of nitrogens with two attached hydrogens (primary N) is 2. The van der Waals surface area contributed by atoms with Crippen molar-refractivity contribution in [3.05, 3.63) is 28.8 Å². The Morgan fingerprint density at radius 3 is 2.45 bits per heavy atom. The van der Waals surface area contributed by atoms with Crippen LogP contribution in [0.3, 0.4) is 0 Å². The van der Waals surface area contributed by atoms with Gasteiger partial charge in [-0.2, -0.15) is 0 Å². The molecule has 0 radical (unpaired) electrons. The number of nitrogens with one attached hydrogen (secondary N) is 1. The lowest BCUT2D eigenvalue weighted by atomic mass is 9.96. The summed E-state index contributed by atoms with van der Waals surface area (Å²) >= 11 is 5.93. The van der Waals surface area contributed by atoms with Crippen LogP contribution in [0.2, 0.25) is 5.02 Å². The van der Waals surface area contributed by atoms with Gasteiger partial charge in [-0.1, -0.05) is 25.4 Å². The van der Waals surface area contributed by atoms with E-state index in [0.29, 0.717) is 11.6 Å². The van der Waals surface area contributed by atoms with Gasteiger partial charge in [0.25, 0.3) is 0 Å². The molecule has 20 heavy (non-hydrogen) atoms. The maximum atomic E-state index is 12.1. The van der Waals surface area contributed by atoms with Crippen molar-refractivity contribution >= 4 is 29.1 Å². The zero-order valence-corrected chi connectivity index (χ0v) is 12.4. The summed E-state index contributed by atoms with van der Waals surface area (Å²) < 4.78 is 0. The van der Waals surface area contributed by atoms with Gasteiger partial charge in [0, 0.05) is 12.2 Å². The average Bonchev–Trinajstić information content (AvgIpc) is 2.35. The number of carbonyl (C=O) groups excluding carboxylic acids is 2. The molecule has 0 aliphatic carbocycles. The molecule has 1 atom stereocenters. The third-order valence-electron chi connectivity index (χ3n) is 2.91. The van der Waals surface area contributed by atoms with Gasteiger partial charge in [-0.25, -0.2) is 0 Å². The molecule has 2 amide bonds. The number of halogens is 1. The zero-order valence-electron chi connectivity index (χ0n) is 11.7. The Hall–Kier alpha value is -1.59. The molecular formula is C14H20ClN3O2. The Morgan fingerprint density at radius 1 is 1.35 bits per heavy atom. The second-order valence-electron chi connectivity index (χ2n) is 5.11. The summed E-state index contributed by atoms with van der Waals surface area (Å²) in [6.45, 7) is 4.36. The van der Waals surface area contributed by atoms with E-state index in [1.807, 2.05) is 13.8 Å². The van der Waals surface area contributed by atoms with Crippen molar-refractivity contribution in [2.45, 2.75) is 20.3 Å². The molecule has 0 aliphatic rings. The highest BCUT2D eigenvalue weighted by atomic mass is 35.5. The van der Waals surface area contributed by atoms with Crippen LogP contribution < -0.4 is 16.8 Å². The van der Waals surface area contributed by atoms with Gasteiger partial charge in [0.2, 0.25) is 11.8 Å². The smallest absolute Gasteiger partial charge is 0.250 e. The number of anilines is 1. The van der Waals surface area contributed by atoms with Crippen LogP contribution in [0.1, 0.15) is 30.6 Å². The van der Waals surface area contributed by atoms with E-state index in [1.54, 1.807) is 6.07 Å². The fourth-order valence-electron chi connectivity index (χ4n) is 1.92. The lowest BCUT2D eigenvalue weighted by Gasteiger charge is -2.17. The maximum Gasteiger partial charge on any atom is 0.250 e. The molecule has 0 aliphatic heterocycles. The molecule has 0 bridgehead atoms. The van der Waals surface area contributed by atoms with Crippen molar-refractivity contribution in [3.63, 3.8) is 0 Å². The molecule has 1 rings (SSSR count). The number of hydrogen-bond donors (Lipinski definition) is 3. The van der Waals surface area contributed by atoms with Gasteiger partial charge in [-0.15, -0.1) is 0 Å². The highest BCUT2D eigenvalue weighted by molar-refractivity contribution is 6.34. The van der Waals surface area contributed by atoms with Gasteiger partial charge < -0.3 is 16.8 Å². The second kappa shape index (κ2) is 7.26. The van der Waals surface area contributed by atoms with Crippen LogP contribution in [0, 0.1) is 11.8 Å². The first-order valence-corrected chi connectivity index (χ1v) is 6.83. The summed E-state index contributed by atoms with van der Waals surface area (Å²) in [6, 6.07) is 4.58. The van der Waals surface area contributed by atoms with Crippen LogP contribution in [0.15, 0.2) is 18.2 Å². The van der Waals surface area contributed by atoms with Crippen molar-refractivity contribution in [2.75, 3.05) is 11.9 Å². The van der Waals surface area contributed by atoms with Crippen molar-refractivity contribution in [1.82, 2.24) is 0 Å². The van der Waals surface area contributed by atoms with E-state index in [0.717, 1.165) is 6.42 Å². The molecule has 0 saturated heterocycles. The number of primary amides is 1. The largest absolute Gasteiger partial charge is 0.366 e. The number of carbonyl (C=O) groups is 2. The molecule has 0 heterocycles. The van der Waals surface area contributed by atoms with Gasteiger partial charge in [-0.3, -0.25) is 9.59 Å². The fraction of sp³-hybridized carbons (Fsp3) is 0.429. The Labute approximate surface area is 123 Å². The van der Waals surface area contributed by atoms with Gasteiger partial charge in [0.15, 0.2) is 0 Å². The molecule has 0 saturated carbocycles. The Kier molecular flexibility index (Phi) is 5.98. The third kappa shape index (κ3) is 4.51. The lowest BCUT2D eigenvalue weighted by molar-refractivity contribution is -0.120. The van der Waals surface area contributed by atoms with Crippen LogP contribution >= 0.6 is 11.6 Å². The zero-order chi connectivity index (χ0) is 15.3. The number of rotatable bonds is 6. The van der Waals surface area contributed by atoms with Crippen molar-refractivity contribution in [1.29, 1.82) is 0 Å². The SMILES string of the molecule is CC(C)CC(CN)C(=O)Nc1ccc(C(N)=O)c(Cl)c1. The molecule has 6 heteroatoms. The van der Waals surface area contributed by atoms with E-state index in [-0.39, 0.29) is 29.0 Å². The maximum absolute atomic E-state index is 12.1. The quantitative estimate of drug-likeness (QED) is 0.749. The fourth-order valence-corrected chi connectivity index (χ4v) is 2.19. The summed E-state index contributed by atoms with van der Waals surface area (Å²) in [6.07, 6.45) is 0.718. The number of benzene rings is 1. The van der Waals surface area contributed by atoms with Gasteiger partial charge in [-0.05, 0) is 30.5 Å². The number of hydrogen-bond acceptors (Lipinski definition) is 3. The van der Waals surface area contributed by atoms with Crippen molar-refractivity contribution < 1.29 is 9.59 Å². The first-order valence-electron chi connectivity index (χ1n) is 6.45. The first kappa shape index (κ1) is 16.5. The predicted octanol–water partition coefficient (Wildman–Crippen LogP) is 2.00. The summed E-state index contributed by atoms with van der Waals surface area (Å²) in [4.78, 5) is 23.1. The topological polar surface area (TPSA) is 98.2 Å². The van der Waals surface area contributed by atoms with Crippen LogP contribution in [0.5, 0.6) is 0 Å². The summed E-state index contributed by atoms with van der Waals surface area (Å²) in [5, 5.41) is 2.96. The second-order valence-corrected chi connectivity index (χ2v) is 5.52. The third-order valence-corrected chi connectivity index (χ3v) is 3.23. The minimum Gasteiger partial charge on any atom is -0.366 e. The minimum atomic E-state index is -0.604. The van der Waals surface area contributed by atoms with Crippen LogP contribution in [0.25, 0.3) is 0 Å². The van der Waals surface area contributed by atoms with E-state index in [2.05, 4.69) is 5.32 Å². The minimum absolute atomic E-state index is 0.149. The average molecular weight is 298 g/mol. The summed E-state index contributed by atoms with van der Waals surface area (Å²) in [5.41, 5.74) is 11.5. The van der Waals surface area contributed by atoms with Crippen LogP contribution in [0.4, 0.5) is 5.69 Å². The van der Waals surface area contributed by atoms with Crippen LogP contribution in [-0.2, 0) is 4.79 Å². The summed E-state index contributed by atoms with van der Waals surface area (Å²) in [5.74, 6) is -0.615. The van der Waals surface area contributed by atoms with E-state index >= 15 is 0 Å². The monoisotopic (exact) mass is 297 g/mol. The molecular weight excluding hydrogens is 278 g/mol. The lowest BCUT2D eigenvalue weighted by Crippen LogP contribution is -2.30. The Bertz CT molecular complexity index is 503. The van der Waals surface area contributed by atoms with E-state index in [1.165, 1.54) is 12.1 Å². The normalized spacial score (nSPS) is 12.2. The number of amides is 2. The molecule has 5 N–H and O–H groups in total. The molecule has 1 aromatic carbocycles. The highest BCUT2D eigenvalue weighted by Crippen LogP contribution is 2.21. The van der Waals surface area contributed by atoms with Crippen LogP contribution in [-0.4, -0.2) is 18.4 Å². The molecule has 5 nitrogen and oxygen atoms in total. The molecule has 0 fully saturated rings. The van der Waals surface area contributed by atoms with Gasteiger partial charge in [0.1, 0.15) is 0 Å². The Balaban J connectivity index is 2.80. The highest BCUT2D eigenvalue weighted by Gasteiger charge is 2.18. The Morgan fingerprint density at radius 2 is 2.00 bits per heavy atom. The molecule has 1 unspecified atom stereocenters. The molecule has 0 aromatic heterocycles.